The van der Waals surface area contributed by atoms with Crippen molar-refractivity contribution in [2.45, 2.75) is 18.8 Å². The Hall–Kier alpha value is -2.70. The molecule has 1 aromatic heterocycles. The molecule has 3 nitrogen and oxygen atoms in total. The van der Waals surface area contributed by atoms with Gasteiger partial charge in [0.1, 0.15) is 0 Å². The van der Waals surface area contributed by atoms with E-state index in [4.69, 9.17) is 21.3 Å². The first kappa shape index (κ1) is 24.4. The number of halogens is 2. The molecule has 4 aromatic rings. The van der Waals surface area contributed by atoms with Crippen LogP contribution in [-0.4, -0.2) is 22.5 Å². The first-order chi connectivity index (χ1) is 16.6. The largest absolute Gasteiger partial charge is 0.465 e. The van der Waals surface area contributed by atoms with Crippen LogP contribution in [0.5, 0.6) is 0 Å². The quantitative estimate of drug-likeness (QED) is 0.120. The molecule has 0 fully saturated rings. The van der Waals surface area contributed by atoms with Crippen molar-refractivity contribution in [2.24, 2.45) is 0 Å². The van der Waals surface area contributed by atoms with Gasteiger partial charge in [-0.15, -0.1) is 0 Å². The van der Waals surface area contributed by atoms with Gasteiger partial charge in [0.15, 0.2) is 0 Å². The number of pyridine rings is 1. The highest BCUT2D eigenvalue weighted by molar-refractivity contribution is 14.1. The number of benzene rings is 3. The smallest absolute Gasteiger partial charge is 0.338 e. The van der Waals surface area contributed by atoms with Crippen molar-refractivity contribution < 1.29 is 9.53 Å². The summed E-state index contributed by atoms with van der Waals surface area (Å²) < 4.78 is 5.94. The predicted octanol–water partition coefficient (Wildman–Crippen LogP) is 8.00. The lowest BCUT2D eigenvalue weighted by Crippen LogP contribution is -2.08. The molecule has 0 radical (unpaired) electrons. The van der Waals surface area contributed by atoms with Crippen molar-refractivity contribution >= 4 is 63.2 Å². The number of hydrogen-bond acceptors (Lipinski definition) is 3. The van der Waals surface area contributed by atoms with Gasteiger partial charge >= 0.3 is 5.97 Å². The van der Waals surface area contributed by atoms with Gasteiger partial charge < -0.3 is 4.74 Å². The number of esters is 1. The van der Waals surface area contributed by atoms with E-state index in [-0.39, 0.29) is 5.97 Å². The van der Waals surface area contributed by atoms with E-state index in [1.165, 1.54) is 12.7 Å². The normalized spacial score (nSPS) is 12.2. The summed E-state index contributed by atoms with van der Waals surface area (Å²) in [4.78, 5) is 16.8. The Morgan fingerprint density at radius 2 is 1.85 bits per heavy atom. The first-order valence-corrected chi connectivity index (χ1v) is 13.0. The number of rotatable bonds is 8. The minimum absolute atomic E-state index is 0.279. The molecular weight excluding hydrogens is 557 g/mol. The average molecular weight is 582 g/mol. The first-order valence-electron chi connectivity index (χ1n) is 11.1. The van der Waals surface area contributed by atoms with Crippen LogP contribution in [0.1, 0.15) is 45.1 Å². The number of alkyl halides is 1. The van der Waals surface area contributed by atoms with Crippen LogP contribution >= 0.6 is 34.2 Å². The molecule has 0 unspecified atom stereocenters. The Labute approximate surface area is 219 Å². The summed E-state index contributed by atoms with van der Waals surface area (Å²) in [5.41, 5.74) is 5.90. The van der Waals surface area contributed by atoms with Crippen LogP contribution in [0.15, 0.2) is 78.9 Å². The number of aryl methyl sites for hydroxylation is 1. The summed E-state index contributed by atoms with van der Waals surface area (Å²) in [6.45, 7) is 0. The van der Waals surface area contributed by atoms with Gasteiger partial charge in [-0.2, -0.15) is 0 Å². The van der Waals surface area contributed by atoms with Crippen LogP contribution in [0.25, 0.3) is 23.1 Å². The van der Waals surface area contributed by atoms with Gasteiger partial charge in [-0.05, 0) is 65.8 Å². The fourth-order valence-corrected chi connectivity index (χ4v) is 5.12. The molecule has 3 aromatic carbocycles. The fourth-order valence-electron chi connectivity index (χ4n) is 4.01. The molecule has 0 aliphatic rings. The Kier molecular flexibility index (Phi) is 8.35. The lowest BCUT2D eigenvalue weighted by molar-refractivity contribution is 0.0599. The number of methoxy groups -OCH3 is 1. The van der Waals surface area contributed by atoms with Gasteiger partial charge in [0.25, 0.3) is 0 Å². The van der Waals surface area contributed by atoms with Crippen molar-refractivity contribution in [1.82, 2.24) is 4.98 Å². The molecule has 0 N–H and O–H groups in total. The van der Waals surface area contributed by atoms with Gasteiger partial charge in [0.2, 0.25) is 0 Å². The molecular formula is C29H25ClINO2. The third-order valence-corrected chi connectivity index (χ3v) is 7.17. The topological polar surface area (TPSA) is 39.2 Å². The third-order valence-electron chi connectivity index (χ3n) is 5.88. The van der Waals surface area contributed by atoms with Crippen molar-refractivity contribution in [2.75, 3.05) is 11.5 Å². The van der Waals surface area contributed by atoms with Crippen LogP contribution in [0, 0.1) is 0 Å². The average Bonchev–Trinajstić information content (AvgIpc) is 2.87. The van der Waals surface area contributed by atoms with Gasteiger partial charge in [0.05, 0.1) is 23.9 Å². The molecule has 0 saturated carbocycles. The molecule has 0 bridgehead atoms. The number of hydrogen-bond donors (Lipinski definition) is 0. The van der Waals surface area contributed by atoms with Gasteiger partial charge in [-0.3, -0.25) is 0 Å². The van der Waals surface area contributed by atoms with Crippen LogP contribution in [0.2, 0.25) is 5.02 Å². The van der Waals surface area contributed by atoms with Gasteiger partial charge in [-0.1, -0.05) is 94.9 Å². The second-order valence-corrected chi connectivity index (χ2v) is 9.43. The van der Waals surface area contributed by atoms with Crippen molar-refractivity contribution in [3.8, 4) is 0 Å². The SMILES string of the molecule is COC(=O)c1ccccc1CC[C@@H](CI)c1cccc(/C=C/c2ccc3ccc(Cl)cc3n2)c1. The van der Waals surface area contributed by atoms with Gasteiger partial charge in [0, 0.05) is 14.8 Å². The van der Waals surface area contributed by atoms with E-state index in [0.717, 1.165) is 45.0 Å². The molecule has 34 heavy (non-hydrogen) atoms. The Morgan fingerprint density at radius 3 is 2.68 bits per heavy atom. The maximum atomic E-state index is 12.1. The molecule has 0 aliphatic heterocycles. The van der Waals surface area contributed by atoms with Crippen molar-refractivity contribution in [3.63, 3.8) is 0 Å². The number of carbonyl (C=O) groups excluding carboxylic acids is 1. The summed E-state index contributed by atoms with van der Waals surface area (Å²) in [6, 6.07) is 26.2. The molecule has 0 amide bonds. The second-order valence-electron chi connectivity index (χ2n) is 8.12. The summed E-state index contributed by atoms with van der Waals surface area (Å²) in [7, 11) is 1.42. The van der Waals surface area contributed by atoms with Crippen molar-refractivity contribution in [3.05, 3.63) is 112 Å². The van der Waals surface area contributed by atoms with Gasteiger partial charge in [-0.25, -0.2) is 9.78 Å². The third kappa shape index (κ3) is 6.05. The van der Waals surface area contributed by atoms with Crippen LogP contribution in [0.3, 0.4) is 0 Å². The Morgan fingerprint density at radius 1 is 1.03 bits per heavy atom. The standard InChI is InChI=1S/C29H25ClINO2/c1-34-29(33)27-8-3-2-6-21(27)10-11-24(19-31)23-7-4-5-20(17-23)9-15-26-16-13-22-12-14-25(30)18-28(22)32-26/h2-9,12-18,24H,10-11,19H2,1H3/b15-9+/t24-/m0/s1. The maximum absolute atomic E-state index is 12.1. The molecule has 5 heteroatoms. The van der Waals surface area contributed by atoms with E-state index in [0.29, 0.717) is 16.5 Å². The monoisotopic (exact) mass is 581 g/mol. The lowest BCUT2D eigenvalue weighted by Gasteiger charge is -2.16. The van der Waals surface area contributed by atoms with E-state index in [1.54, 1.807) is 0 Å². The summed E-state index contributed by atoms with van der Waals surface area (Å²) >= 11 is 8.57. The van der Waals surface area contributed by atoms with Crippen LogP contribution < -0.4 is 0 Å². The molecule has 1 atom stereocenters. The highest BCUT2D eigenvalue weighted by Gasteiger charge is 2.15. The second kappa shape index (κ2) is 11.6. The maximum Gasteiger partial charge on any atom is 0.338 e. The molecule has 172 valence electrons. The predicted molar refractivity (Wildman–Crippen MR) is 150 cm³/mol. The fraction of sp³-hybridized carbons (Fsp3) is 0.172. The van der Waals surface area contributed by atoms with E-state index in [1.807, 2.05) is 54.6 Å². The van der Waals surface area contributed by atoms with Crippen LogP contribution in [0.4, 0.5) is 0 Å². The van der Waals surface area contributed by atoms with E-state index in [9.17, 15) is 4.79 Å². The molecule has 1 heterocycles. The Bertz CT molecular complexity index is 1330. The number of aromatic nitrogens is 1. The van der Waals surface area contributed by atoms with E-state index in [2.05, 4.69) is 59.0 Å². The zero-order valence-electron chi connectivity index (χ0n) is 18.9. The van der Waals surface area contributed by atoms with Crippen molar-refractivity contribution in [1.29, 1.82) is 0 Å². The number of ether oxygens (including phenoxy) is 1. The van der Waals surface area contributed by atoms with Crippen LogP contribution in [-0.2, 0) is 11.2 Å². The minimum atomic E-state index is -0.279. The zero-order valence-corrected chi connectivity index (χ0v) is 21.8. The lowest BCUT2D eigenvalue weighted by atomic mass is 9.91. The highest BCUT2D eigenvalue weighted by Crippen LogP contribution is 2.27. The number of nitrogens with zero attached hydrogens (tertiary/aromatic N) is 1. The highest BCUT2D eigenvalue weighted by atomic mass is 127. The number of carbonyl (C=O) groups is 1. The van der Waals surface area contributed by atoms with E-state index < -0.39 is 0 Å². The summed E-state index contributed by atoms with van der Waals surface area (Å²) in [5.74, 6) is 0.110. The molecule has 0 saturated heterocycles. The summed E-state index contributed by atoms with van der Waals surface area (Å²) in [6.07, 6.45) is 5.91. The summed E-state index contributed by atoms with van der Waals surface area (Å²) in [5, 5.41) is 1.76. The molecule has 4 rings (SSSR count). The Balaban J connectivity index is 1.49. The van der Waals surface area contributed by atoms with E-state index >= 15 is 0 Å². The minimum Gasteiger partial charge on any atom is -0.465 e. The number of fused-ring (bicyclic) bond motifs is 1. The zero-order chi connectivity index (χ0) is 23.9. The molecule has 0 aliphatic carbocycles. The molecule has 0 spiro atoms.